The minimum Gasteiger partial charge on any atom is -0.356 e. The topological polar surface area (TPSA) is 71.6 Å². The van der Waals surface area contributed by atoms with Crippen LogP contribution in [-0.4, -0.2) is 52.3 Å². The summed E-state index contributed by atoms with van der Waals surface area (Å²) >= 11 is 0. The lowest BCUT2D eigenvalue weighted by Crippen LogP contribution is -2.34. The highest BCUT2D eigenvalue weighted by atomic mass is 16.2. The number of hydrogen-bond donors (Lipinski definition) is 1. The van der Waals surface area contributed by atoms with Crippen LogP contribution in [0.2, 0.25) is 0 Å². The fourth-order valence-electron chi connectivity index (χ4n) is 5.39. The molecule has 0 atom stereocenters. The number of fused-ring (bicyclic) bond motifs is 1. The molecule has 1 saturated heterocycles. The highest BCUT2D eigenvalue weighted by Crippen LogP contribution is 2.49. The molecule has 0 unspecified atom stereocenters. The van der Waals surface area contributed by atoms with Crippen molar-refractivity contribution in [2.75, 3.05) is 26.2 Å². The van der Waals surface area contributed by atoms with Gasteiger partial charge in [0.15, 0.2) is 11.5 Å². The normalized spacial score (nSPS) is 17.2. The molecule has 0 bridgehead atoms. The number of benzene rings is 1. The first kappa shape index (κ1) is 23.3. The number of likely N-dealkylation sites (tertiary alicyclic amines) is 1. The SMILES string of the molecule is [C-]#[N+]c1ccc(-n2c(C)c(C(=O)CN3CCCCC3)c3ncc(C4(C(=O)NCC)CC4)cc32)cc1. The number of hydrogen-bond acceptors (Lipinski definition) is 4. The Labute approximate surface area is 206 Å². The zero-order valence-electron chi connectivity index (χ0n) is 20.4. The van der Waals surface area contributed by atoms with Gasteiger partial charge in [-0.05, 0) is 76.4 Å². The van der Waals surface area contributed by atoms with Crippen molar-refractivity contribution in [3.05, 3.63) is 64.8 Å². The van der Waals surface area contributed by atoms with Crippen LogP contribution in [0.4, 0.5) is 5.69 Å². The number of amides is 1. The van der Waals surface area contributed by atoms with E-state index in [1.807, 2.05) is 32.0 Å². The molecule has 7 heteroatoms. The van der Waals surface area contributed by atoms with Gasteiger partial charge in [-0.25, -0.2) is 4.85 Å². The molecule has 0 radical (unpaired) electrons. The third kappa shape index (κ3) is 4.12. The summed E-state index contributed by atoms with van der Waals surface area (Å²) in [7, 11) is 0. The molecule has 2 fully saturated rings. The van der Waals surface area contributed by atoms with Crippen molar-refractivity contribution in [3.63, 3.8) is 0 Å². The predicted molar refractivity (Wildman–Crippen MR) is 136 cm³/mol. The van der Waals surface area contributed by atoms with Crippen LogP contribution in [0, 0.1) is 13.5 Å². The number of carbonyl (C=O) groups excluding carboxylic acids is 2. The van der Waals surface area contributed by atoms with Crippen molar-refractivity contribution in [2.45, 2.75) is 51.4 Å². The summed E-state index contributed by atoms with van der Waals surface area (Å²) in [4.78, 5) is 37.0. The van der Waals surface area contributed by atoms with Gasteiger partial charge in [0.2, 0.25) is 5.91 Å². The number of pyridine rings is 1. The predicted octanol–water partition coefficient (Wildman–Crippen LogP) is 4.72. The van der Waals surface area contributed by atoms with Gasteiger partial charge in [-0.2, -0.15) is 0 Å². The molecule has 0 spiro atoms. The van der Waals surface area contributed by atoms with E-state index in [-0.39, 0.29) is 11.7 Å². The molecule has 1 aliphatic carbocycles. The molecule has 180 valence electrons. The monoisotopic (exact) mass is 469 g/mol. The molecule has 7 nitrogen and oxygen atoms in total. The first-order valence-electron chi connectivity index (χ1n) is 12.5. The lowest BCUT2D eigenvalue weighted by Gasteiger charge is -2.25. The van der Waals surface area contributed by atoms with Gasteiger partial charge in [-0.3, -0.25) is 19.5 Å². The number of carbonyl (C=O) groups is 2. The van der Waals surface area contributed by atoms with Crippen LogP contribution >= 0.6 is 0 Å². The molecule has 1 saturated carbocycles. The molecule has 2 aromatic heterocycles. The molecule has 35 heavy (non-hydrogen) atoms. The average molecular weight is 470 g/mol. The first-order chi connectivity index (χ1) is 17.0. The summed E-state index contributed by atoms with van der Waals surface area (Å²) in [5.74, 6) is 0.120. The largest absolute Gasteiger partial charge is 0.356 e. The van der Waals surface area contributed by atoms with Crippen molar-refractivity contribution < 1.29 is 9.59 Å². The standard InChI is InChI=1S/C28H31N5O2/c1-4-30-27(35)28(12-13-28)20-16-23-26(31-17-20)25(24(34)18-32-14-6-5-7-15-32)19(2)33(23)22-10-8-21(29-3)9-11-22/h8-11,16-17H,4-7,12-15,18H2,1-2H3,(H,30,35). The quantitative estimate of drug-likeness (QED) is 0.401. The number of likely N-dealkylation sites (N-methyl/N-ethyl adjacent to an activating group) is 1. The summed E-state index contributed by atoms with van der Waals surface area (Å²) in [6, 6.07) is 9.43. The summed E-state index contributed by atoms with van der Waals surface area (Å²) in [5.41, 5.74) is 4.78. The second kappa shape index (κ2) is 9.27. The number of piperidine rings is 1. The van der Waals surface area contributed by atoms with Gasteiger partial charge in [0.05, 0.1) is 35.1 Å². The number of nitrogens with one attached hydrogen (secondary N) is 1. The van der Waals surface area contributed by atoms with Gasteiger partial charge in [-0.15, -0.1) is 0 Å². The van der Waals surface area contributed by atoms with E-state index in [9.17, 15) is 9.59 Å². The molecule has 1 aliphatic heterocycles. The second-order valence-electron chi connectivity index (χ2n) is 9.72. The summed E-state index contributed by atoms with van der Waals surface area (Å²) < 4.78 is 2.05. The smallest absolute Gasteiger partial charge is 0.230 e. The van der Waals surface area contributed by atoms with E-state index >= 15 is 0 Å². The Morgan fingerprint density at radius 3 is 2.49 bits per heavy atom. The van der Waals surface area contributed by atoms with Crippen molar-refractivity contribution in [1.82, 2.24) is 19.8 Å². The fourth-order valence-corrected chi connectivity index (χ4v) is 5.39. The maximum atomic E-state index is 13.6. The molecule has 1 amide bonds. The van der Waals surface area contributed by atoms with E-state index in [0.29, 0.717) is 29.9 Å². The van der Waals surface area contributed by atoms with Gasteiger partial charge in [0, 0.05) is 24.1 Å². The molecular weight excluding hydrogens is 438 g/mol. The van der Waals surface area contributed by atoms with E-state index in [2.05, 4.69) is 19.6 Å². The van der Waals surface area contributed by atoms with Crippen molar-refractivity contribution in [2.24, 2.45) is 0 Å². The lowest BCUT2D eigenvalue weighted by atomic mass is 9.96. The van der Waals surface area contributed by atoms with Gasteiger partial charge in [0.25, 0.3) is 0 Å². The van der Waals surface area contributed by atoms with E-state index in [1.54, 1.807) is 18.3 Å². The van der Waals surface area contributed by atoms with Gasteiger partial charge in [-0.1, -0.05) is 18.6 Å². The molecule has 1 aromatic carbocycles. The summed E-state index contributed by atoms with van der Waals surface area (Å²) in [5, 5.41) is 2.97. The zero-order chi connectivity index (χ0) is 24.6. The molecule has 1 N–H and O–H groups in total. The fraction of sp³-hybridized carbons (Fsp3) is 0.429. The van der Waals surface area contributed by atoms with E-state index < -0.39 is 5.41 Å². The maximum absolute atomic E-state index is 13.6. The Hall–Kier alpha value is -3.50. The number of ketones is 1. The zero-order valence-corrected chi connectivity index (χ0v) is 20.4. The van der Waals surface area contributed by atoms with Gasteiger partial charge < -0.3 is 9.88 Å². The van der Waals surface area contributed by atoms with Gasteiger partial charge >= 0.3 is 0 Å². The van der Waals surface area contributed by atoms with E-state index in [4.69, 9.17) is 11.6 Å². The minimum atomic E-state index is -0.536. The average Bonchev–Trinajstić information content (AvgIpc) is 3.63. The van der Waals surface area contributed by atoms with Crippen molar-refractivity contribution in [1.29, 1.82) is 0 Å². The Kier molecular flexibility index (Phi) is 6.16. The summed E-state index contributed by atoms with van der Waals surface area (Å²) in [6.45, 7) is 14.1. The maximum Gasteiger partial charge on any atom is 0.230 e. The first-order valence-corrected chi connectivity index (χ1v) is 12.5. The van der Waals surface area contributed by atoms with Crippen molar-refractivity contribution >= 4 is 28.4 Å². The van der Waals surface area contributed by atoms with Crippen LogP contribution in [0.1, 0.15) is 60.6 Å². The highest BCUT2D eigenvalue weighted by Gasteiger charge is 2.51. The molecule has 5 rings (SSSR count). The van der Waals surface area contributed by atoms with Crippen LogP contribution in [-0.2, 0) is 10.2 Å². The van der Waals surface area contributed by atoms with Crippen LogP contribution in [0.25, 0.3) is 21.6 Å². The lowest BCUT2D eigenvalue weighted by molar-refractivity contribution is -0.123. The van der Waals surface area contributed by atoms with Crippen LogP contribution in [0.3, 0.4) is 0 Å². The van der Waals surface area contributed by atoms with Crippen LogP contribution < -0.4 is 5.32 Å². The van der Waals surface area contributed by atoms with Crippen LogP contribution in [0.5, 0.6) is 0 Å². The third-order valence-corrected chi connectivity index (χ3v) is 7.45. The number of aromatic nitrogens is 2. The third-order valence-electron chi connectivity index (χ3n) is 7.45. The van der Waals surface area contributed by atoms with E-state index in [0.717, 1.165) is 61.2 Å². The van der Waals surface area contributed by atoms with E-state index in [1.165, 1.54) is 6.42 Å². The Morgan fingerprint density at radius 1 is 1.14 bits per heavy atom. The Morgan fingerprint density at radius 2 is 1.86 bits per heavy atom. The van der Waals surface area contributed by atoms with Crippen molar-refractivity contribution in [3.8, 4) is 5.69 Å². The second-order valence-corrected chi connectivity index (χ2v) is 9.72. The highest BCUT2D eigenvalue weighted by molar-refractivity contribution is 6.09. The number of rotatable bonds is 7. The number of nitrogens with zero attached hydrogens (tertiary/aromatic N) is 4. The van der Waals surface area contributed by atoms with Gasteiger partial charge in [0.1, 0.15) is 0 Å². The van der Waals surface area contributed by atoms with Crippen LogP contribution in [0.15, 0.2) is 36.5 Å². The molecular formula is C28H31N5O2. The summed E-state index contributed by atoms with van der Waals surface area (Å²) in [6.07, 6.45) is 6.86. The number of Topliss-reactive ketones (excluding diaryl/α,β-unsaturated/α-hetero) is 1. The minimum absolute atomic E-state index is 0.0405. The molecule has 2 aliphatic rings. The molecule has 3 aromatic rings. The molecule has 3 heterocycles. The Bertz CT molecular complexity index is 1320. The Balaban J connectivity index is 1.63.